The number of nitrogens with one attached hydrogen (secondary N) is 1. The van der Waals surface area contributed by atoms with Gasteiger partial charge in [0.25, 0.3) is 5.91 Å². The van der Waals surface area contributed by atoms with Gasteiger partial charge in [-0.3, -0.25) is 14.8 Å². The molecule has 0 atom stereocenters. The molecule has 0 saturated heterocycles. The average Bonchev–Trinajstić information content (AvgIpc) is 3.06. The molecule has 6 nitrogen and oxygen atoms in total. The smallest absolute Gasteiger partial charge is 0.258 e. The van der Waals surface area contributed by atoms with Crippen LogP contribution < -0.4 is 14.8 Å². The van der Waals surface area contributed by atoms with Crippen LogP contribution in [0.4, 0.5) is 11.4 Å². The van der Waals surface area contributed by atoms with E-state index in [0.29, 0.717) is 32.9 Å². The van der Waals surface area contributed by atoms with Gasteiger partial charge < -0.3 is 14.8 Å². The van der Waals surface area contributed by atoms with Crippen LogP contribution in [0.1, 0.15) is 22.2 Å². The van der Waals surface area contributed by atoms with E-state index in [1.807, 2.05) is 6.92 Å². The fraction of sp³-hybridized carbons (Fsp3) is 0.235. The summed E-state index contributed by atoms with van der Waals surface area (Å²) < 4.78 is 11.3. The Morgan fingerprint density at radius 1 is 1.28 bits per heavy atom. The zero-order valence-corrected chi connectivity index (χ0v) is 16.7. The van der Waals surface area contributed by atoms with Crippen LogP contribution >= 0.6 is 27.3 Å². The molecule has 25 heavy (non-hydrogen) atoms. The zero-order chi connectivity index (χ0) is 18.6. The van der Waals surface area contributed by atoms with Crippen LogP contribution in [0.15, 0.2) is 32.0 Å². The molecule has 2 rings (SSSR count). The Morgan fingerprint density at radius 3 is 2.36 bits per heavy atom. The fourth-order valence-electron chi connectivity index (χ4n) is 2.17. The van der Waals surface area contributed by atoms with E-state index in [2.05, 4.69) is 37.9 Å². The molecule has 0 fully saturated rings. The maximum atomic E-state index is 12.7. The van der Waals surface area contributed by atoms with Gasteiger partial charge in [-0.05, 0) is 29.6 Å². The molecule has 1 heterocycles. The van der Waals surface area contributed by atoms with Crippen molar-refractivity contribution >= 4 is 57.0 Å². The number of benzene rings is 1. The van der Waals surface area contributed by atoms with Gasteiger partial charge in [-0.15, -0.1) is 11.3 Å². The van der Waals surface area contributed by atoms with Crippen molar-refractivity contribution in [3.8, 4) is 11.5 Å². The monoisotopic (exact) mass is 423 g/mol. The van der Waals surface area contributed by atoms with Gasteiger partial charge in [0.15, 0.2) is 0 Å². The molecule has 0 aliphatic rings. The first-order valence-electron chi connectivity index (χ1n) is 7.21. The van der Waals surface area contributed by atoms with Crippen LogP contribution in [-0.4, -0.2) is 39.6 Å². The summed E-state index contributed by atoms with van der Waals surface area (Å²) in [5.41, 5.74) is 2.32. The minimum Gasteiger partial charge on any atom is -0.495 e. The van der Waals surface area contributed by atoms with Gasteiger partial charge in [-0.25, -0.2) is 0 Å². The first kappa shape index (κ1) is 19.1. The van der Waals surface area contributed by atoms with Gasteiger partial charge in [0.05, 0.1) is 36.1 Å². The lowest BCUT2D eigenvalue weighted by Crippen LogP contribution is -2.11. The Balaban J connectivity index is 2.38. The van der Waals surface area contributed by atoms with E-state index in [4.69, 9.17) is 9.47 Å². The van der Waals surface area contributed by atoms with Crippen molar-refractivity contribution in [3.05, 3.63) is 32.4 Å². The van der Waals surface area contributed by atoms with Crippen LogP contribution in [0.25, 0.3) is 0 Å². The molecule has 0 spiro atoms. The molecular formula is C17H18BrN3O3S. The molecule has 0 aliphatic carbocycles. The van der Waals surface area contributed by atoms with Gasteiger partial charge >= 0.3 is 0 Å². The highest BCUT2D eigenvalue weighted by molar-refractivity contribution is 9.10. The van der Waals surface area contributed by atoms with Gasteiger partial charge in [0.1, 0.15) is 16.0 Å². The number of thiophene rings is 1. The molecule has 1 aromatic carbocycles. The Bertz CT molecular complexity index is 821. The van der Waals surface area contributed by atoms with Crippen LogP contribution in [0.2, 0.25) is 0 Å². The predicted molar refractivity (Wildman–Crippen MR) is 107 cm³/mol. The van der Waals surface area contributed by atoms with E-state index in [1.165, 1.54) is 11.3 Å². The van der Waals surface area contributed by atoms with Crippen molar-refractivity contribution in [2.24, 2.45) is 9.98 Å². The molecule has 2 aromatic rings. The molecule has 1 amide bonds. The van der Waals surface area contributed by atoms with E-state index in [1.54, 1.807) is 38.8 Å². The molecule has 0 aliphatic heterocycles. The number of carbonyl (C=O) groups is 1. The summed E-state index contributed by atoms with van der Waals surface area (Å²) in [6, 6.07) is 3.41. The van der Waals surface area contributed by atoms with Gasteiger partial charge in [-0.1, -0.05) is 0 Å². The van der Waals surface area contributed by atoms with Crippen LogP contribution in [-0.2, 0) is 0 Å². The van der Waals surface area contributed by atoms with Gasteiger partial charge in [0.2, 0.25) is 0 Å². The zero-order valence-electron chi connectivity index (χ0n) is 14.3. The normalized spacial score (nSPS) is 11.2. The largest absolute Gasteiger partial charge is 0.495 e. The number of halogens is 1. The highest BCUT2D eigenvalue weighted by Crippen LogP contribution is 2.38. The summed E-state index contributed by atoms with van der Waals surface area (Å²) in [5.74, 6) is 0.814. The van der Waals surface area contributed by atoms with Crippen LogP contribution in [0.3, 0.4) is 0 Å². The summed E-state index contributed by atoms with van der Waals surface area (Å²) in [6.45, 7) is 5.44. The summed E-state index contributed by atoms with van der Waals surface area (Å²) in [6.07, 6.45) is 0. The number of rotatable bonds is 6. The minimum atomic E-state index is -0.291. The van der Waals surface area contributed by atoms with Gasteiger partial charge in [0, 0.05) is 30.2 Å². The van der Waals surface area contributed by atoms with Crippen molar-refractivity contribution in [3.63, 3.8) is 0 Å². The first-order valence-corrected chi connectivity index (χ1v) is 8.88. The van der Waals surface area contributed by atoms with Gasteiger partial charge in [-0.2, -0.15) is 0 Å². The third kappa shape index (κ3) is 3.91. The number of anilines is 1. The predicted octanol–water partition coefficient (Wildman–Crippen LogP) is 4.55. The molecule has 132 valence electrons. The van der Waals surface area contributed by atoms with Crippen molar-refractivity contribution in [2.75, 3.05) is 26.6 Å². The number of carbonyl (C=O) groups excluding carboxylic acids is 1. The van der Waals surface area contributed by atoms with Crippen LogP contribution in [0, 0.1) is 0 Å². The summed E-state index contributed by atoms with van der Waals surface area (Å²) in [4.78, 5) is 21.7. The third-order valence-electron chi connectivity index (χ3n) is 3.54. The lowest BCUT2D eigenvalue weighted by molar-refractivity contribution is 0.102. The summed E-state index contributed by atoms with van der Waals surface area (Å²) >= 11 is 4.81. The molecule has 0 unspecified atom stereocenters. The molecule has 1 aromatic heterocycles. The van der Waals surface area contributed by atoms with E-state index >= 15 is 0 Å². The Labute approximate surface area is 158 Å². The standard InChI is InChI=1S/C17H18BrN3O3S/c1-9(19-2)16-15(20-3)11(8-25-16)17(22)21-10-6-12(23-4)14(18)13(7-10)24-5/h6-8H,3H2,1-2,4-5H3,(H,21,22). The van der Waals surface area contributed by atoms with E-state index in [9.17, 15) is 4.79 Å². The maximum absolute atomic E-state index is 12.7. The third-order valence-corrected chi connectivity index (χ3v) is 5.39. The van der Waals surface area contributed by atoms with Crippen molar-refractivity contribution < 1.29 is 14.3 Å². The molecule has 1 N–H and O–H groups in total. The topological polar surface area (TPSA) is 72.3 Å². The van der Waals surface area contributed by atoms with Crippen molar-refractivity contribution in [1.82, 2.24) is 0 Å². The summed E-state index contributed by atoms with van der Waals surface area (Å²) in [5, 5.41) is 4.59. The lowest BCUT2D eigenvalue weighted by Gasteiger charge is -2.12. The number of methoxy groups -OCH3 is 2. The number of aliphatic imine (C=N–C) groups is 2. The number of ether oxygens (including phenoxy) is 2. The highest BCUT2D eigenvalue weighted by atomic mass is 79.9. The second kappa shape index (κ2) is 8.26. The number of amides is 1. The van der Waals surface area contributed by atoms with E-state index < -0.39 is 0 Å². The lowest BCUT2D eigenvalue weighted by atomic mass is 10.2. The van der Waals surface area contributed by atoms with E-state index in [0.717, 1.165) is 10.6 Å². The quantitative estimate of drug-likeness (QED) is 0.692. The molecule has 0 radical (unpaired) electrons. The Kier molecular flexibility index (Phi) is 6.33. The number of hydrogen-bond donors (Lipinski definition) is 1. The van der Waals surface area contributed by atoms with Crippen LogP contribution in [0.5, 0.6) is 11.5 Å². The first-order chi connectivity index (χ1) is 12.0. The molecule has 8 heteroatoms. The second-order valence-corrected chi connectivity index (χ2v) is 6.62. The number of nitrogens with zero attached hydrogens (tertiary/aromatic N) is 2. The Morgan fingerprint density at radius 2 is 1.88 bits per heavy atom. The minimum absolute atomic E-state index is 0.291. The maximum Gasteiger partial charge on any atom is 0.258 e. The summed E-state index contributed by atoms with van der Waals surface area (Å²) in [7, 11) is 4.79. The van der Waals surface area contributed by atoms with Crippen molar-refractivity contribution in [1.29, 1.82) is 0 Å². The molecule has 0 saturated carbocycles. The van der Waals surface area contributed by atoms with Crippen molar-refractivity contribution in [2.45, 2.75) is 6.92 Å². The average molecular weight is 424 g/mol. The number of hydrogen-bond acceptors (Lipinski definition) is 6. The molecular weight excluding hydrogens is 406 g/mol. The fourth-order valence-corrected chi connectivity index (χ4v) is 3.72. The molecule has 0 bridgehead atoms. The SMILES string of the molecule is C=Nc1c(C(=O)Nc2cc(OC)c(Br)c(OC)c2)csc1C(C)=NC. The van der Waals surface area contributed by atoms with E-state index in [-0.39, 0.29) is 5.91 Å². The Hall–Kier alpha value is -2.19. The second-order valence-electron chi connectivity index (χ2n) is 4.94. The highest BCUT2D eigenvalue weighted by Gasteiger charge is 2.19.